The van der Waals surface area contributed by atoms with Crippen molar-refractivity contribution in [1.29, 1.82) is 0 Å². The highest BCUT2D eigenvalue weighted by molar-refractivity contribution is 6.18. The minimum atomic E-state index is -0.170. The van der Waals surface area contributed by atoms with Crippen LogP contribution in [0.15, 0.2) is 89.9 Å². The number of hydrogen-bond acceptors (Lipinski definition) is 3. The number of aliphatic imine (C=N–C) groups is 1. The quantitative estimate of drug-likeness (QED) is 0.597. The van der Waals surface area contributed by atoms with E-state index in [1.807, 2.05) is 79.7 Å². The number of carbonyl (C=O) groups excluding carboxylic acids is 2. The fraction of sp³-hybridized carbons (Fsp3) is 0.222. The Balaban J connectivity index is 1.45. The van der Waals surface area contributed by atoms with Gasteiger partial charge in [-0.05, 0) is 43.0 Å². The van der Waals surface area contributed by atoms with E-state index >= 15 is 0 Å². The molecule has 0 fully saturated rings. The first-order valence-electron chi connectivity index (χ1n) is 11.0. The summed E-state index contributed by atoms with van der Waals surface area (Å²) in [5.41, 5.74) is 4.23. The Morgan fingerprint density at radius 2 is 1.62 bits per heavy atom. The fourth-order valence-corrected chi connectivity index (χ4v) is 3.88. The van der Waals surface area contributed by atoms with Gasteiger partial charge < -0.3 is 10.2 Å². The summed E-state index contributed by atoms with van der Waals surface area (Å²) in [5.74, 6) is -0.304. The van der Waals surface area contributed by atoms with Gasteiger partial charge in [0.2, 0.25) is 11.8 Å². The molecular weight excluding hydrogens is 398 g/mol. The molecule has 4 rings (SSSR count). The largest absolute Gasteiger partial charge is 0.352 e. The lowest BCUT2D eigenvalue weighted by Crippen LogP contribution is -2.43. The van der Waals surface area contributed by atoms with E-state index in [1.165, 1.54) is 5.56 Å². The number of benzene rings is 3. The molecule has 0 saturated carbocycles. The van der Waals surface area contributed by atoms with Gasteiger partial charge >= 0.3 is 0 Å². The second-order valence-electron chi connectivity index (χ2n) is 8.06. The maximum atomic E-state index is 13.2. The number of nitrogens with one attached hydrogen (secondary N) is 1. The van der Waals surface area contributed by atoms with E-state index in [2.05, 4.69) is 17.4 Å². The van der Waals surface area contributed by atoms with Crippen LogP contribution < -0.4 is 10.2 Å². The van der Waals surface area contributed by atoms with Gasteiger partial charge in [-0.15, -0.1) is 0 Å². The summed E-state index contributed by atoms with van der Waals surface area (Å²) in [5, 5.41) is 3.04. The van der Waals surface area contributed by atoms with Crippen LogP contribution in [0.4, 0.5) is 11.4 Å². The Bertz CT molecular complexity index is 1110. The molecule has 1 N–H and O–H groups in total. The SMILES string of the molecule is C[C@H](CCc1ccccc1)NC(=O)CN1C(=O)CC(c2ccccc2)=Nc2ccccc21. The Morgan fingerprint density at radius 1 is 0.969 bits per heavy atom. The molecule has 5 heteroatoms. The zero-order valence-corrected chi connectivity index (χ0v) is 18.2. The second-order valence-corrected chi connectivity index (χ2v) is 8.06. The number of para-hydroxylation sites is 2. The summed E-state index contributed by atoms with van der Waals surface area (Å²) in [6.45, 7) is 1.97. The minimum Gasteiger partial charge on any atom is -0.352 e. The standard InChI is InChI=1S/C27H27N3O2/c1-20(16-17-21-10-4-2-5-11-21)28-26(31)19-30-25-15-9-8-14-23(25)29-24(18-27(30)32)22-12-6-3-7-13-22/h2-15,20H,16-19H2,1H3,(H,28,31)/t20-/m1/s1. The van der Waals surface area contributed by atoms with Crippen molar-refractivity contribution in [2.45, 2.75) is 32.2 Å². The average molecular weight is 426 g/mol. The highest BCUT2D eigenvalue weighted by Gasteiger charge is 2.26. The Kier molecular flexibility index (Phi) is 6.75. The molecule has 162 valence electrons. The van der Waals surface area contributed by atoms with Gasteiger partial charge in [-0.2, -0.15) is 0 Å². The van der Waals surface area contributed by atoms with Crippen LogP contribution in [0.1, 0.15) is 30.9 Å². The van der Waals surface area contributed by atoms with Gasteiger partial charge in [0.1, 0.15) is 6.54 Å². The number of nitrogens with zero attached hydrogens (tertiary/aromatic N) is 2. The zero-order valence-electron chi connectivity index (χ0n) is 18.2. The van der Waals surface area contributed by atoms with Crippen LogP contribution in [0.3, 0.4) is 0 Å². The van der Waals surface area contributed by atoms with Gasteiger partial charge in [-0.3, -0.25) is 14.6 Å². The van der Waals surface area contributed by atoms with E-state index in [-0.39, 0.29) is 30.8 Å². The van der Waals surface area contributed by atoms with Crippen molar-refractivity contribution in [2.75, 3.05) is 11.4 Å². The highest BCUT2D eigenvalue weighted by atomic mass is 16.2. The molecule has 0 aromatic heterocycles. The van der Waals surface area contributed by atoms with Crippen molar-refractivity contribution in [3.8, 4) is 0 Å². The number of aryl methyl sites for hydroxylation is 1. The third-order valence-corrected chi connectivity index (χ3v) is 5.57. The number of rotatable bonds is 7. The molecule has 1 aliphatic rings. The fourth-order valence-electron chi connectivity index (χ4n) is 3.88. The second kappa shape index (κ2) is 10.1. The molecule has 1 atom stereocenters. The first-order chi connectivity index (χ1) is 15.6. The van der Waals surface area contributed by atoms with Crippen LogP contribution in [-0.2, 0) is 16.0 Å². The summed E-state index contributed by atoms with van der Waals surface area (Å²) in [4.78, 5) is 32.3. The van der Waals surface area contributed by atoms with Gasteiger partial charge in [-0.1, -0.05) is 72.8 Å². The molecule has 3 aromatic carbocycles. The molecule has 0 unspecified atom stereocenters. The molecule has 3 aromatic rings. The molecule has 1 aliphatic heterocycles. The summed E-state index contributed by atoms with van der Waals surface area (Å²) in [6, 6.07) is 27.4. The molecule has 5 nitrogen and oxygen atoms in total. The Morgan fingerprint density at radius 3 is 2.38 bits per heavy atom. The van der Waals surface area contributed by atoms with E-state index < -0.39 is 0 Å². The zero-order chi connectivity index (χ0) is 22.3. The van der Waals surface area contributed by atoms with E-state index in [0.717, 1.165) is 18.4 Å². The van der Waals surface area contributed by atoms with Crippen LogP contribution in [-0.4, -0.2) is 30.1 Å². The first kappa shape index (κ1) is 21.5. The number of hydrogen-bond donors (Lipinski definition) is 1. The normalized spacial score (nSPS) is 14.2. The lowest BCUT2D eigenvalue weighted by molar-refractivity contribution is -0.123. The summed E-state index contributed by atoms with van der Waals surface area (Å²) in [6.07, 6.45) is 1.87. The van der Waals surface area contributed by atoms with Crippen molar-refractivity contribution in [1.82, 2.24) is 5.32 Å². The van der Waals surface area contributed by atoms with Crippen molar-refractivity contribution in [3.05, 3.63) is 96.1 Å². The summed E-state index contributed by atoms with van der Waals surface area (Å²) in [7, 11) is 0. The third kappa shape index (κ3) is 5.30. The number of anilines is 1. The number of amides is 2. The molecule has 0 aliphatic carbocycles. The average Bonchev–Trinajstić information content (AvgIpc) is 2.95. The topological polar surface area (TPSA) is 61.8 Å². The monoisotopic (exact) mass is 425 g/mol. The lowest BCUT2D eigenvalue weighted by Gasteiger charge is -2.23. The van der Waals surface area contributed by atoms with Crippen LogP contribution in [0.2, 0.25) is 0 Å². The maximum absolute atomic E-state index is 13.2. The van der Waals surface area contributed by atoms with E-state index in [1.54, 1.807) is 4.90 Å². The summed E-state index contributed by atoms with van der Waals surface area (Å²) >= 11 is 0. The van der Waals surface area contributed by atoms with Crippen molar-refractivity contribution >= 4 is 28.9 Å². The molecule has 32 heavy (non-hydrogen) atoms. The van der Waals surface area contributed by atoms with Gasteiger partial charge in [0.05, 0.1) is 23.5 Å². The molecule has 0 radical (unpaired) electrons. The lowest BCUT2D eigenvalue weighted by atomic mass is 10.1. The minimum absolute atomic E-state index is 0.0103. The predicted octanol–water partition coefficient (Wildman–Crippen LogP) is 4.68. The summed E-state index contributed by atoms with van der Waals surface area (Å²) < 4.78 is 0. The van der Waals surface area contributed by atoms with Crippen LogP contribution in [0.25, 0.3) is 0 Å². The Labute approximate surface area is 188 Å². The highest BCUT2D eigenvalue weighted by Crippen LogP contribution is 2.32. The molecule has 0 spiro atoms. The van der Waals surface area contributed by atoms with Gasteiger partial charge in [-0.25, -0.2) is 0 Å². The maximum Gasteiger partial charge on any atom is 0.240 e. The van der Waals surface area contributed by atoms with Gasteiger partial charge in [0.15, 0.2) is 0 Å². The molecule has 1 heterocycles. The van der Waals surface area contributed by atoms with E-state index in [9.17, 15) is 9.59 Å². The first-order valence-corrected chi connectivity index (χ1v) is 11.0. The smallest absolute Gasteiger partial charge is 0.240 e. The van der Waals surface area contributed by atoms with Crippen LogP contribution in [0.5, 0.6) is 0 Å². The van der Waals surface area contributed by atoms with Crippen molar-refractivity contribution < 1.29 is 9.59 Å². The van der Waals surface area contributed by atoms with Gasteiger partial charge in [0.25, 0.3) is 0 Å². The molecule has 0 saturated heterocycles. The third-order valence-electron chi connectivity index (χ3n) is 5.57. The molecular formula is C27H27N3O2. The van der Waals surface area contributed by atoms with E-state index in [4.69, 9.17) is 4.99 Å². The van der Waals surface area contributed by atoms with Gasteiger partial charge in [0, 0.05) is 6.04 Å². The predicted molar refractivity (Wildman–Crippen MR) is 128 cm³/mol. The molecule has 0 bridgehead atoms. The molecule has 2 amide bonds. The number of fused-ring (bicyclic) bond motifs is 1. The van der Waals surface area contributed by atoms with Crippen molar-refractivity contribution in [2.24, 2.45) is 4.99 Å². The number of carbonyl (C=O) groups is 2. The van der Waals surface area contributed by atoms with E-state index in [0.29, 0.717) is 17.1 Å². The van der Waals surface area contributed by atoms with Crippen LogP contribution in [0, 0.1) is 0 Å². The van der Waals surface area contributed by atoms with Crippen LogP contribution >= 0.6 is 0 Å². The Hall–Kier alpha value is -3.73. The van der Waals surface area contributed by atoms with Crippen molar-refractivity contribution in [3.63, 3.8) is 0 Å².